The fraction of sp³-hybridized carbons (Fsp3) is 0.333. The minimum atomic E-state index is -0.208. The summed E-state index contributed by atoms with van der Waals surface area (Å²) in [6.07, 6.45) is 10.2. The molecule has 0 bridgehead atoms. The highest BCUT2D eigenvalue weighted by atomic mass is 79.9. The molecule has 0 aliphatic carbocycles. The smallest absolute Gasteiger partial charge is 0.126 e. The maximum Gasteiger partial charge on any atom is 0.126 e. The minimum absolute atomic E-state index is 0.00870. The van der Waals surface area contributed by atoms with Gasteiger partial charge in [-0.3, -0.25) is 0 Å². The van der Waals surface area contributed by atoms with Crippen molar-refractivity contribution in [3.8, 4) is 41.9 Å². The molecule has 3 rings (SSSR count). The van der Waals surface area contributed by atoms with Crippen LogP contribution >= 0.6 is 31.9 Å². The van der Waals surface area contributed by atoms with E-state index in [-0.39, 0.29) is 51.1 Å². The molecule has 0 spiro atoms. The molecule has 0 saturated carbocycles. The van der Waals surface area contributed by atoms with E-state index >= 15 is 0 Å². The molecule has 0 saturated heterocycles. The number of terminal acetylenes is 2. The average molecular weight is 706 g/mol. The van der Waals surface area contributed by atoms with Gasteiger partial charge in [0.05, 0.1) is 26.4 Å². The highest BCUT2D eigenvalue weighted by molar-refractivity contribution is 9.08. The Kier molecular flexibility index (Phi) is 17.6. The molecule has 0 atom stereocenters. The normalized spacial score (nSPS) is 10.0. The minimum Gasteiger partial charge on any atom is -0.507 e. The van der Waals surface area contributed by atoms with Crippen molar-refractivity contribution < 1.29 is 35.0 Å². The van der Waals surface area contributed by atoms with Crippen molar-refractivity contribution in [3.63, 3.8) is 0 Å². The van der Waals surface area contributed by atoms with E-state index in [1.807, 2.05) is 45.0 Å². The van der Waals surface area contributed by atoms with E-state index in [9.17, 15) is 15.3 Å². The summed E-state index contributed by atoms with van der Waals surface area (Å²) in [7, 11) is 0. The van der Waals surface area contributed by atoms with Crippen LogP contribution in [0, 0.1) is 45.5 Å². The van der Waals surface area contributed by atoms with Gasteiger partial charge in [0, 0.05) is 44.0 Å². The number of hydrogen-bond donors (Lipinski definition) is 5. The Morgan fingerprint density at radius 1 is 0.571 bits per heavy atom. The van der Waals surface area contributed by atoms with E-state index in [0.717, 1.165) is 22.3 Å². The van der Waals surface area contributed by atoms with Gasteiger partial charge < -0.3 is 35.0 Å². The van der Waals surface area contributed by atoms with Crippen LogP contribution in [0.2, 0.25) is 0 Å². The third-order valence-electron chi connectivity index (χ3n) is 5.75. The molecule has 0 aliphatic rings. The summed E-state index contributed by atoms with van der Waals surface area (Å²) in [6.45, 7) is 6.39. The van der Waals surface area contributed by atoms with Gasteiger partial charge in [-0.05, 0) is 20.8 Å². The molecule has 0 amide bonds. The first-order valence-corrected chi connectivity index (χ1v) is 15.1. The molecule has 0 fully saturated rings. The number of phenols is 3. The molecule has 0 aliphatic heterocycles. The van der Waals surface area contributed by atoms with Crippen LogP contribution in [0.3, 0.4) is 0 Å². The highest BCUT2D eigenvalue weighted by Gasteiger charge is 2.09. The van der Waals surface area contributed by atoms with Gasteiger partial charge in [-0.25, -0.2) is 0 Å². The van der Waals surface area contributed by atoms with Crippen LogP contribution in [0.5, 0.6) is 17.2 Å². The van der Waals surface area contributed by atoms with Crippen LogP contribution < -0.4 is 0 Å². The molecule has 0 aromatic heterocycles. The maximum atomic E-state index is 10.0. The number of aryl methyl sites for hydroxylation is 3. The Labute approximate surface area is 265 Å². The molecule has 0 heterocycles. The lowest BCUT2D eigenvalue weighted by atomic mass is 10.1. The first kappa shape index (κ1) is 37.0. The van der Waals surface area contributed by atoms with Crippen molar-refractivity contribution in [2.24, 2.45) is 0 Å². The summed E-state index contributed by atoms with van der Waals surface area (Å²) in [5, 5.41) is 48.1. The summed E-state index contributed by atoms with van der Waals surface area (Å²) >= 11 is 6.66. The SMILES string of the molecule is C#CCOCc1cc(C)cc(COCC#C)c1O.Cc1cc(CBr)c(O)c(CBr)c1.Cc1cc(CO)c(O)c(CO)c1. The second-order valence-corrected chi connectivity index (χ2v) is 10.4. The number of benzene rings is 3. The molecule has 3 aromatic carbocycles. The van der Waals surface area contributed by atoms with E-state index in [4.69, 9.17) is 32.5 Å². The van der Waals surface area contributed by atoms with Crippen LogP contribution in [0.1, 0.15) is 50.1 Å². The molecule has 3 aromatic rings. The van der Waals surface area contributed by atoms with Gasteiger partial charge in [0.1, 0.15) is 30.5 Å². The Morgan fingerprint density at radius 3 is 1.17 bits per heavy atom. The summed E-state index contributed by atoms with van der Waals surface area (Å²) in [5.74, 6) is 5.32. The van der Waals surface area contributed by atoms with Gasteiger partial charge in [-0.1, -0.05) is 96.8 Å². The second-order valence-electron chi connectivity index (χ2n) is 9.27. The maximum absolute atomic E-state index is 10.0. The Balaban J connectivity index is 0.000000325. The first-order valence-electron chi connectivity index (χ1n) is 12.9. The summed E-state index contributed by atoms with van der Waals surface area (Å²) in [4.78, 5) is 0. The van der Waals surface area contributed by atoms with Crippen molar-refractivity contribution in [1.82, 2.24) is 0 Å². The zero-order chi connectivity index (χ0) is 31.7. The Hall–Kier alpha value is -3.02. The van der Waals surface area contributed by atoms with Gasteiger partial charge in [0.15, 0.2) is 0 Å². The lowest BCUT2D eigenvalue weighted by Crippen LogP contribution is -1.99. The predicted octanol–water partition coefficient (Wildman–Crippen LogP) is 6.18. The standard InChI is InChI=1S/C15H16O3.C9H10Br2O.C9H12O3/c1-4-6-17-10-13-8-12(3)9-14(15(13)16)11-18-7-5-2;2*1-6-2-7(4-10)9(12)8(3-6)5-11/h1-2,8-9,16H,6-7,10-11H2,3H3;2-3,12H,4-5H2,1H3;2-3,10-12H,4-5H2,1H3. The van der Waals surface area contributed by atoms with E-state index in [2.05, 4.69) is 43.7 Å². The number of ether oxygens (including phenoxy) is 2. The van der Waals surface area contributed by atoms with Crippen LogP contribution in [-0.2, 0) is 46.6 Å². The zero-order valence-electron chi connectivity index (χ0n) is 24.1. The number of aliphatic hydroxyl groups excluding tert-OH is 2. The molecular formula is C33H38Br2O7. The lowest BCUT2D eigenvalue weighted by Gasteiger charge is -2.11. The van der Waals surface area contributed by atoms with E-state index in [1.54, 1.807) is 12.1 Å². The van der Waals surface area contributed by atoms with E-state index < -0.39 is 0 Å². The average Bonchev–Trinajstić information content (AvgIpc) is 2.98. The third kappa shape index (κ3) is 12.1. The fourth-order valence-corrected chi connectivity index (χ4v) is 4.76. The molecule has 226 valence electrons. The van der Waals surface area contributed by atoms with Gasteiger partial charge >= 0.3 is 0 Å². The quantitative estimate of drug-likeness (QED) is 0.0972. The number of aliphatic hydroxyl groups is 2. The summed E-state index contributed by atoms with van der Waals surface area (Å²) in [6, 6.07) is 11.1. The first-order chi connectivity index (χ1) is 20.1. The van der Waals surface area contributed by atoms with Crippen molar-refractivity contribution in [2.75, 3.05) is 13.2 Å². The van der Waals surface area contributed by atoms with Gasteiger partial charge in [0.2, 0.25) is 0 Å². The number of rotatable bonds is 10. The number of alkyl halides is 2. The summed E-state index contributed by atoms with van der Waals surface area (Å²) < 4.78 is 10.4. The largest absolute Gasteiger partial charge is 0.507 e. The monoisotopic (exact) mass is 704 g/mol. The molecule has 0 unspecified atom stereocenters. The van der Waals surface area contributed by atoms with Crippen molar-refractivity contribution in [1.29, 1.82) is 0 Å². The third-order valence-corrected chi connectivity index (χ3v) is 6.96. The van der Waals surface area contributed by atoms with Crippen LogP contribution in [0.15, 0.2) is 36.4 Å². The number of aromatic hydroxyl groups is 3. The molecule has 9 heteroatoms. The van der Waals surface area contributed by atoms with E-state index in [0.29, 0.717) is 38.7 Å². The highest BCUT2D eigenvalue weighted by Crippen LogP contribution is 2.28. The number of phenolic OH excluding ortho intramolecular Hbond substituents is 2. The molecule has 42 heavy (non-hydrogen) atoms. The van der Waals surface area contributed by atoms with Crippen LogP contribution in [-0.4, -0.2) is 38.7 Å². The van der Waals surface area contributed by atoms with Crippen LogP contribution in [0.4, 0.5) is 0 Å². The molecule has 5 N–H and O–H groups in total. The fourth-order valence-electron chi connectivity index (χ4n) is 3.91. The summed E-state index contributed by atoms with van der Waals surface area (Å²) in [5.41, 5.74) is 7.32. The van der Waals surface area contributed by atoms with Gasteiger partial charge in [0.25, 0.3) is 0 Å². The number of halogens is 2. The van der Waals surface area contributed by atoms with Crippen molar-refractivity contribution >= 4 is 31.9 Å². The lowest BCUT2D eigenvalue weighted by molar-refractivity contribution is 0.144. The zero-order valence-corrected chi connectivity index (χ0v) is 27.3. The number of hydrogen-bond acceptors (Lipinski definition) is 7. The van der Waals surface area contributed by atoms with Crippen molar-refractivity contribution in [3.05, 3.63) is 86.5 Å². The Bertz CT molecular complexity index is 1220. The molecule has 0 radical (unpaired) electrons. The predicted molar refractivity (Wildman–Crippen MR) is 173 cm³/mol. The van der Waals surface area contributed by atoms with Gasteiger partial charge in [-0.2, -0.15) is 0 Å². The molecular weight excluding hydrogens is 668 g/mol. The second kappa shape index (κ2) is 20.0. The van der Waals surface area contributed by atoms with Gasteiger partial charge in [-0.15, -0.1) is 12.8 Å². The topological polar surface area (TPSA) is 120 Å². The molecule has 7 nitrogen and oxygen atoms in total. The van der Waals surface area contributed by atoms with Crippen LogP contribution in [0.25, 0.3) is 0 Å². The van der Waals surface area contributed by atoms with Crippen molar-refractivity contribution in [2.45, 2.75) is 57.9 Å². The van der Waals surface area contributed by atoms with E-state index in [1.165, 1.54) is 5.56 Å². The Morgan fingerprint density at radius 2 is 0.857 bits per heavy atom.